The third kappa shape index (κ3) is 2.34. The summed E-state index contributed by atoms with van der Waals surface area (Å²) in [6, 6.07) is 12.2. The summed E-state index contributed by atoms with van der Waals surface area (Å²) in [6.45, 7) is 1.93. The van der Waals surface area contributed by atoms with E-state index in [1.54, 1.807) is 7.11 Å². The molecule has 2 aromatic carbocycles. The molecule has 1 heterocycles. The normalized spacial score (nSPS) is 14.0. The fourth-order valence-corrected chi connectivity index (χ4v) is 2.88. The Kier molecular flexibility index (Phi) is 3.45. The van der Waals surface area contributed by atoms with Gasteiger partial charge in [-0.3, -0.25) is 0 Å². The second-order valence-corrected chi connectivity index (χ2v) is 5.15. The molecule has 1 N–H and O–H groups in total. The van der Waals surface area contributed by atoms with Crippen molar-refractivity contribution in [3.05, 3.63) is 52.5 Å². The van der Waals surface area contributed by atoms with Crippen LogP contribution in [0.3, 0.4) is 0 Å². The summed E-state index contributed by atoms with van der Waals surface area (Å²) in [5.41, 5.74) is 5.04. The Bertz CT molecular complexity index is 610. The summed E-state index contributed by atoms with van der Waals surface area (Å²) in [6.07, 6.45) is 1.02. The first-order valence-corrected chi connectivity index (χ1v) is 6.83. The molecule has 2 nitrogen and oxygen atoms in total. The molecule has 0 fully saturated rings. The number of rotatable bonds is 2. The van der Waals surface area contributed by atoms with Crippen LogP contribution in [0, 0.1) is 0 Å². The van der Waals surface area contributed by atoms with Crippen molar-refractivity contribution in [1.29, 1.82) is 0 Å². The van der Waals surface area contributed by atoms with E-state index in [4.69, 9.17) is 16.3 Å². The molecule has 0 saturated heterocycles. The van der Waals surface area contributed by atoms with Crippen molar-refractivity contribution in [2.75, 3.05) is 13.7 Å². The van der Waals surface area contributed by atoms with Gasteiger partial charge in [0.25, 0.3) is 0 Å². The molecule has 0 radical (unpaired) electrons. The lowest BCUT2D eigenvalue weighted by atomic mass is 9.90. The Morgan fingerprint density at radius 1 is 1.21 bits per heavy atom. The van der Waals surface area contributed by atoms with Crippen molar-refractivity contribution >= 4 is 11.6 Å². The van der Waals surface area contributed by atoms with Crippen molar-refractivity contribution in [2.45, 2.75) is 13.0 Å². The number of benzene rings is 2. The number of hydrogen-bond acceptors (Lipinski definition) is 2. The number of ether oxygens (including phenoxy) is 1. The summed E-state index contributed by atoms with van der Waals surface area (Å²) in [5.74, 6) is 0.919. The van der Waals surface area contributed by atoms with Gasteiger partial charge in [0.1, 0.15) is 5.75 Å². The third-order valence-corrected chi connectivity index (χ3v) is 3.81. The summed E-state index contributed by atoms with van der Waals surface area (Å²) in [7, 11) is 1.72. The van der Waals surface area contributed by atoms with Crippen molar-refractivity contribution in [2.24, 2.45) is 0 Å². The molecule has 0 aromatic heterocycles. The molecular weight excluding hydrogens is 258 g/mol. The lowest BCUT2D eigenvalue weighted by Crippen LogP contribution is -2.24. The first kappa shape index (κ1) is 12.5. The standard InChI is InChI=1S/C16H16ClNO/c1-19-15-6-5-12-10-18-8-7-14(12)16(15)11-3-2-4-13(17)9-11/h2-6,9,18H,7-8,10H2,1H3. The van der Waals surface area contributed by atoms with Crippen LogP contribution in [0.5, 0.6) is 5.75 Å². The van der Waals surface area contributed by atoms with Crippen LogP contribution in [-0.4, -0.2) is 13.7 Å². The van der Waals surface area contributed by atoms with Gasteiger partial charge in [-0.2, -0.15) is 0 Å². The monoisotopic (exact) mass is 273 g/mol. The van der Waals surface area contributed by atoms with Gasteiger partial charge in [-0.1, -0.05) is 29.8 Å². The van der Waals surface area contributed by atoms with Crippen LogP contribution in [0.2, 0.25) is 5.02 Å². The molecule has 2 aromatic rings. The maximum Gasteiger partial charge on any atom is 0.126 e. The molecule has 0 bridgehead atoms. The Hall–Kier alpha value is -1.51. The summed E-state index contributed by atoms with van der Waals surface area (Å²) in [5, 5.41) is 4.16. The van der Waals surface area contributed by atoms with Gasteiger partial charge in [0, 0.05) is 17.1 Å². The summed E-state index contributed by atoms with van der Waals surface area (Å²) < 4.78 is 5.54. The SMILES string of the molecule is COc1ccc2c(c1-c1cccc(Cl)c1)CCNC2. The maximum atomic E-state index is 6.12. The smallest absolute Gasteiger partial charge is 0.126 e. The minimum atomic E-state index is 0.756. The Morgan fingerprint density at radius 3 is 2.89 bits per heavy atom. The van der Waals surface area contributed by atoms with Crippen molar-refractivity contribution in [1.82, 2.24) is 5.32 Å². The number of methoxy groups -OCH3 is 1. The van der Waals surface area contributed by atoms with E-state index >= 15 is 0 Å². The van der Waals surface area contributed by atoms with Gasteiger partial charge >= 0.3 is 0 Å². The average molecular weight is 274 g/mol. The van der Waals surface area contributed by atoms with Crippen LogP contribution in [0.15, 0.2) is 36.4 Å². The van der Waals surface area contributed by atoms with Gasteiger partial charge in [-0.05, 0) is 47.9 Å². The highest BCUT2D eigenvalue weighted by atomic mass is 35.5. The van der Waals surface area contributed by atoms with Gasteiger partial charge < -0.3 is 10.1 Å². The van der Waals surface area contributed by atoms with E-state index in [1.165, 1.54) is 16.7 Å². The number of halogens is 1. The van der Waals surface area contributed by atoms with Crippen LogP contribution in [0.1, 0.15) is 11.1 Å². The van der Waals surface area contributed by atoms with Crippen molar-refractivity contribution < 1.29 is 4.74 Å². The highest BCUT2D eigenvalue weighted by Gasteiger charge is 2.18. The minimum absolute atomic E-state index is 0.756. The maximum absolute atomic E-state index is 6.12. The Morgan fingerprint density at radius 2 is 2.11 bits per heavy atom. The largest absolute Gasteiger partial charge is 0.496 e. The zero-order valence-electron chi connectivity index (χ0n) is 10.9. The van der Waals surface area contributed by atoms with E-state index in [-0.39, 0.29) is 0 Å². The highest BCUT2D eigenvalue weighted by Crippen LogP contribution is 2.37. The second kappa shape index (κ2) is 5.24. The van der Waals surface area contributed by atoms with Crippen LogP contribution in [-0.2, 0) is 13.0 Å². The van der Waals surface area contributed by atoms with Crippen LogP contribution in [0.4, 0.5) is 0 Å². The molecule has 0 amide bonds. The molecule has 1 aliphatic rings. The zero-order chi connectivity index (χ0) is 13.2. The Balaban J connectivity index is 2.22. The molecule has 0 aliphatic carbocycles. The molecule has 19 heavy (non-hydrogen) atoms. The topological polar surface area (TPSA) is 21.3 Å². The molecular formula is C16H16ClNO. The molecule has 0 unspecified atom stereocenters. The molecule has 3 rings (SSSR count). The van der Waals surface area contributed by atoms with Crippen LogP contribution in [0.25, 0.3) is 11.1 Å². The Labute approximate surface area is 118 Å². The van der Waals surface area contributed by atoms with E-state index < -0.39 is 0 Å². The van der Waals surface area contributed by atoms with E-state index in [2.05, 4.69) is 17.4 Å². The van der Waals surface area contributed by atoms with Crippen molar-refractivity contribution in [3.63, 3.8) is 0 Å². The zero-order valence-corrected chi connectivity index (χ0v) is 11.6. The molecule has 0 spiro atoms. The quantitative estimate of drug-likeness (QED) is 0.902. The van der Waals surface area contributed by atoms with E-state index in [0.29, 0.717) is 0 Å². The van der Waals surface area contributed by atoms with Crippen molar-refractivity contribution in [3.8, 4) is 16.9 Å². The van der Waals surface area contributed by atoms with Gasteiger partial charge in [0.2, 0.25) is 0 Å². The predicted octanol–water partition coefficient (Wildman–Crippen LogP) is 3.66. The van der Waals surface area contributed by atoms with Crippen LogP contribution >= 0.6 is 11.6 Å². The van der Waals surface area contributed by atoms with Gasteiger partial charge in [-0.25, -0.2) is 0 Å². The van der Waals surface area contributed by atoms with E-state index in [0.717, 1.165) is 35.8 Å². The highest BCUT2D eigenvalue weighted by molar-refractivity contribution is 6.30. The molecule has 98 valence electrons. The molecule has 0 atom stereocenters. The van der Waals surface area contributed by atoms with Gasteiger partial charge in [-0.15, -0.1) is 0 Å². The minimum Gasteiger partial charge on any atom is -0.496 e. The number of fused-ring (bicyclic) bond motifs is 1. The summed E-state index contributed by atoms with van der Waals surface area (Å²) >= 11 is 6.12. The second-order valence-electron chi connectivity index (χ2n) is 4.72. The number of nitrogens with one attached hydrogen (secondary N) is 1. The third-order valence-electron chi connectivity index (χ3n) is 3.57. The van der Waals surface area contributed by atoms with E-state index in [1.807, 2.05) is 24.3 Å². The first-order valence-electron chi connectivity index (χ1n) is 6.45. The molecule has 0 saturated carbocycles. The first-order chi connectivity index (χ1) is 9.29. The predicted molar refractivity (Wildman–Crippen MR) is 78.9 cm³/mol. The number of hydrogen-bond donors (Lipinski definition) is 1. The summed E-state index contributed by atoms with van der Waals surface area (Å²) in [4.78, 5) is 0. The molecule has 3 heteroatoms. The van der Waals surface area contributed by atoms with E-state index in [9.17, 15) is 0 Å². The van der Waals surface area contributed by atoms with Gasteiger partial charge in [0.15, 0.2) is 0 Å². The fraction of sp³-hybridized carbons (Fsp3) is 0.250. The lowest BCUT2D eigenvalue weighted by molar-refractivity contribution is 0.415. The lowest BCUT2D eigenvalue weighted by Gasteiger charge is -2.22. The average Bonchev–Trinajstić information content (AvgIpc) is 2.46. The molecule has 1 aliphatic heterocycles. The fourth-order valence-electron chi connectivity index (χ4n) is 2.69. The van der Waals surface area contributed by atoms with Crippen LogP contribution < -0.4 is 10.1 Å². The van der Waals surface area contributed by atoms with Gasteiger partial charge in [0.05, 0.1) is 7.11 Å².